The summed E-state index contributed by atoms with van der Waals surface area (Å²) in [5.74, 6) is -0.0695. The Balaban J connectivity index is 1.76. The number of hydrogen-bond donors (Lipinski definition) is 1. The molecule has 8 heteroatoms. The van der Waals surface area contributed by atoms with Gasteiger partial charge in [-0.05, 0) is 49.6 Å². The summed E-state index contributed by atoms with van der Waals surface area (Å²) in [7, 11) is 0. The molecule has 1 aliphatic rings. The Labute approximate surface area is 169 Å². The Morgan fingerprint density at radius 2 is 1.76 bits per heavy atom. The van der Waals surface area contributed by atoms with Crippen molar-refractivity contribution < 1.29 is 9.59 Å². The lowest BCUT2D eigenvalue weighted by atomic mass is 10.1. The number of carbonyl (C=O) groups is 2. The number of halogens is 3. The van der Waals surface area contributed by atoms with E-state index in [1.807, 2.05) is 42.5 Å². The Morgan fingerprint density at radius 3 is 2.40 bits per heavy atom. The zero-order valence-electron chi connectivity index (χ0n) is 12.8. The Kier molecular flexibility index (Phi) is 5.71. The van der Waals surface area contributed by atoms with Crippen LogP contribution in [0.1, 0.15) is 12.0 Å². The van der Waals surface area contributed by atoms with Gasteiger partial charge in [-0.2, -0.15) is 10.1 Å². The summed E-state index contributed by atoms with van der Waals surface area (Å²) in [6.45, 7) is 0. The van der Waals surface area contributed by atoms with E-state index in [0.29, 0.717) is 20.5 Å². The number of anilines is 1. The molecule has 0 radical (unpaired) electrons. The minimum Gasteiger partial charge on any atom is -0.312 e. The first-order chi connectivity index (χ1) is 11.9. The lowest BCUT2D eigenvalue weighted by Crippen LogP contribution is -2.31. The van der Waals surface area contributed by atoms with E-state index in [4.69, 9.17) is 0 Å². The van der Waals surface area contributed by atoms with Crippen LogP contribution in [0.15, 0.2) is 61.0 Å². The van der Waals surface area contributed by atoms with Crippen LogP contribution in [-0.2, 0) is 16.0 Å². The van der Waals surface area contributed by atoms with Gasteiger partial charge in [0.05, 0.1) is 18.5 Å². The molecule has 2 amide bonds. The van der Waals surface area contributed by atoms with Crippen molar-refractivity contribution in [1.82, 2.24) is 5.32 Å². The molecule has 1 N–H and O–H groups in total. The number of rotatable bonds is 3. The molecule has 2 aromatic rings. The minimum absolute atomic E-state index is 0.0511. The van der Waals surface area contributed by atoms with Gasteiger partial charge >= 0.3 is 0 Å². The second-order valence-corrected chi connectivity index (χ2v) is 7.98. The highest BCUT2D eigenvalue weighted by Crippen LogP contribution is 2.38. The first-order valence-corrected chi connectivity index (χ1v) is 9.70. The van der Waals surface area contributed by atoms with Gasteiger partial charge in [-0.25, -0.2) is 0 Å². The molecule has 0 spiro atoms. The van der Waals surface area contributed by atoms with Crippen LogP contribution < -0.4 is 10.3 Å². The van der Waals surface area contributed by atoms with E-state index < -0.39 is 0 Å². The summed E-state index contributed by atoms with van der Waals surface area (Å²) in [5, 5.41) is 8.27. The van der Waals surface area contributed by atoms with Gasteiger partial charge in [0.25, 0.3) is 5.91 Å². The van der Waals surface area contributed by atoms with Gasteiger partial charge in [0.2, 0.25) is 5.91 Å². The zero-order valence-corrected chi connectivity index (χ0v) is 17.6. The Morgan fingerprint density at radius 1 is 1.12 bits per heavy atom. The predicted molar refractivity (Wildman–Crippen MR) is 107 cm³/mol. The third-order valence-corrected chi connectivity index (χ3v) is 5.13. The van der Waals surface area contributed by atoms with Crippen LogP contribution >= 0.6 is 47.8 Å². The number of carbonyl (C=O) groups excluding carboxylic acids is 2. The van der Waals surface area contributed by atoms with E-state index in [1.165, 1.54) is 5.01 Å². The van der Waals surface area contributed by atoms with E-state index in [1.54, 1.807) is 0 Å². The molecule has 0 unspecified atom stereocenters. The average molecular weight is 530 g/mol. The van der Waals surface area contributed by atoms with Crippen LogP contribution in [0.2, 0.25) is 0 Å². The van der Waals surface area contributed by atoms with Crippen LogP contribution in [0.4, 0.5) is 5.69 Å². The molecule has 0 fully saturated rings. The molecule has 0 bridgehead atoms. The van der Waals surface area contributed by atoms with Gasteiger partial charge in [-0.15, -0.1) is 0 Å². The van der Waals surface area contributed by atoms with Gasteiger partial charge in [0.1, 0.15) is 5.84 Å². The van der Waals surface area contributed by atoms with Gasteiger partial charge in [0, 0.05) is 13.4 Å². The first-order valence-electron chi connectivity index (χ1n) is 7.33. The molecular weight excluding hydrogens is 518 g/mol. The smallest absolute Gasteiger partial charge is 0.255 e. The normalized spacial score (nSPS) is 13.8. The molecule has 2 aromatic carbocycles. The van der Waals surface area contributed by atoms with Gasteiger partial charge in [-0.3, -0.25) is 9.59 Å². The first kappa shape index (κ1) is 18.3. The number of benzene rings is 2. The maximum Gasteiger partial charge on any atom is 0.255 e. The summed E-state index contributed by atoms with van der Waals surface area (Å²) < 4.78 is 2.28. The van der Waals surface area contributed by atoms with Crippen molar-refractivity contribution in [1.29, 1.82) is 0 Å². The number of hydrogen-bond acceptors (Lipinski definition) is 3. The molecule has 0 saturated carbocycles. The SMILES string of the molecule is O=C(Cc1ccccc1)NC1=NN(c2c(Br)cc(Br)cc2Br)C(=O)C1. The summed E-state index contributed by atoms with van der Waals surface area (Å²) in [6, 6.07) is 13.1. The van der Waals surface area contributed by atoms with Crippen molar-refractivity contribution >= 4 is 71.1 Å². The largest absolute Gasteiger partial charge is 0.312 e. The fraction of sp³-hybridized carbons (Fsp3) is 0.118. The third-order valence-electron chi connectivity index (χ3n) is 3.46. The lowest BCUT2D eigenvalue weighted by molar-refractivity contribution is -0.119. The van der Waals surface area contributed by atoms with Crippen molar-refractivity contribution in [3.05, 3.63) is 61.4 Å². The molecule has 128 valence electrons. The summed E-state index contributed by atoms with van der Waals surface area (Å²) in [5.41, 5.74) is 1.50. The van der Waals surface area contributed by atoms with Crippen molar-refractivity contribution in [2.45, 2.75) is 12.8 Å². The zero-order chi connectivity index (χ0) is 18.0. The van der Waals surface area contributed by atoms with E-state index in [9.17, 15) is 9.59 Å². The molecule has 0 aliphatic carbocycles. The van der Waals surface area contributed by atoms with E-state index in [0.717, 1.165) is 10.0 Å². The number of nitrogens with one attached hydrogen (secondary N) is 1. The number of amidine groups is 1. The molecule has 1 aliphatic heterocycles. The van der Waals surface area contributed by atoms with Crippen molar-refractivity contribution in [3.63, 3.8) is 0 Å². The highest BCUT2D eigenvalue weighted by atomic mass is 79.9. The van der Waals surface area contributed by atoms with Crippen LogP contribution in [0.5, 0.6) is 0 Å². The maximum absolute atomic E-state index is 12.3. The van der Waals surface area contributed by atoms with E-state index >= 15 is 0 Å². The van der Waals surface area contributed by atoms with Gasteiger partial charge in [0.15, 0.2) is 0 Å². The third kappa shape index (κ3) is 4.37. The second kappa shape index (κ2) is 7.80. The topological polar surface area (TPSA) is 61.8 Å². The molecule has 1 heterocycles. The summed E-state index contributed by atoms with van der Waals surface area (Å²) >= 11 is 10.3. The van der Waals surface area contributed by atoms with Gasteiger partial charge < -0.3 is 5.32 Å². The Bertz CT molecular complexity index is 846. The van der Waals surface area contributed by atoms with Crippen molar-refractivity contribution in [2.75, 3.05) is 5.01 Å². The molecule has 0 atom stereocenters. The highest BCUT2D eigenvalue weighted by Gasteiger charge is 2.29. The molecule has 0 saturated heterocycles. The fourth-order valence-corrected chi connectivity index (χ4v) is 4.99. The van der Waals surface area contributed by atoms with Crippen molar-refractivity contribution in [3.8, 4) is 0 Å². The molecule has 5 nitrogen and oxygen atoms in total. The van der Waals surface area contributed by atoms with Crippen LogP contribution in [0.3, 0.4) is 0 Å². The quantitative estimate of drug-likeness (QED) is 0.641. The molecule has 3 rings (SSSR count). The average Bonchev–Trinajstić information content (AvgIpc) is 2.87. The standard InChI is InChI=1S/C17H12Br3N3O2/c18-11-7-12(19)17(13(20)8-11)23-16(25)9-14(22-23)21-15(24)6-10-4-2-1-3-5-10/h1-5,7-8H,6,9H2,(H,21,22,24). The molecule has 25 heavy (non-hydrogen) atoms. The van der Waals surface area contributed by atoms with Crippen LogP contribution in [-0.4, -0.2) is 17.6 Å². The van der Waals surface area contributed by atoms with E-state index in [2.05, 4.69) is 58.2 Å². The number of nitrogens with zero attached hydrogens (tertiary/aromatic N) is 2. The second-order valence-electron chi connectivity index (χ2n) is 5.36. The highest BCUT2D eigenvalue weighted by molar-refractivity contribution is 9.11. The maximum atomic E-state index is 12.3. The number of hydrazone groups is 1. The van der Waals surface area contributed by atoms with Crippen molar-refractivity contribution in [2.24, 2.45) is 5.10 Å². The monoisotopic (exact) mass is 527 g/mol. The fourth-order valence-electron chi connectivity index (χ4n) is 2.40. The van der Waals surface area contributed by atoms with Gasteiger partial charge in [-0.1, -0.05) is 46.3 Å². The summed E-state index contributed by atoms with van der Waals surface area (Å²) in [6.07, 6.45) is 0.287. The van der Waals surface area contributed by atoms with E-state index in [-0.39, 0.29) is 24.7 Å². The minimum atomic E-state index is -0.210. The lowest BCUT2D eigenvalue weighted by Gasteiger charge is -2.15. The molecular formula is C17H12Br3N3O2. The molecule has 0 aromatic heterocycles. The predicted octanol–water partition coefficient (Wildman–Crippen LogP) is 4.38. The Hall–Kier alpha value is -1.51. The van der Waals surface area contributed by atoms with Crippen LogP contribution in [0, 0.1) is 0 Å². The van der Waals surface area contributed by atoms with Crippen LogP contribution in [0.25, 0.3) is 0 Å². The number of amides is 2. The summed E-state index contributed by atoms with van der Waals surface area (Å²) in [4.78, 5) is 24.5.